The van der Waals surface area contributed by atoms with Crippen LogP contribution in [-0.4, -0.2) is 19.0 Å². The Kier molecular flexibility index (Phi) is 4.48. The van der Waals surface area contributed by atoms with Crippen molar-refractivity contribution in [1.29, 1.82) is 0 Å². The highest BCUT2D eigenvalue weighted by molar-refractivity contribution is 5.80. The third-order valence-electron chi connectivity index (χ3n) is 4.14. The summed E-state index contributed by atoms with van der Waals surface area (Å²) in [5.74, 6) is 0.668. The van der Waals surface area contributed by atoms with Gasteiger partial charge in [0.15, 0.2) is 0 Å². The van der Waals surface area contributed by atoms with Crippen LogP contribution < -0.4 is 10.6 Å². The molecule has 3 heteroatoms. The van der Waals surface area contributed by atoms with E-state index in [4.69, 9.17) is 0 Å². The van der Waals surface area contributed by atoms with Crippen LogP contribution in [0.3, 0.4) is 0 Å². The lowest BCUT2D eigenvalue weighted by Gasteiger charge is -2.33. The highest BCUT2D eigenvalue weighted by atomic mass is 16.2. The fourth-order valence-corrected chi connectivity index (χ4v) is 2.86. The summed E-state index contributed by atoms with van der Waals surface area (Å²) in [6.45, 7) is 10.4. The minimum atomic E-state index is -0.00765. The van der Waals surface area contributed by atoms with Gasteiger partial charge in [-0.3, -0.25) is 4.79 Å². The van der Waals surface area contributed by atoms with Crippen LogP contribution in [0.4, 0.5) is 0 Å². The van der Waals surface area contributed by atoms with Gasteiger partial charge in [-0.25, -0.2) is 0 Å². The molecule has 110 valence electrons. The number of hydrogen-bond donors (Lipinski definition) is 2. The van der Waals surface area contributed by atoms with Gasteiger partial charge >= 0.3 is 0 Å². The first kappa shape index (κ1) is 15.0. The lowest BCUT2D eigenvalue weighted by atomic mass is 9.81. The molecule has 0 saturated carbocycles. The summed E-state index contributed by atoms with van der Waals surface area (Å²) in [6, 6.07) is 10.3. The fourth-order valence-electron chi connectivity index (χ4n) is 2.86. The van der Waals surface area contributed by atoms with Crippen LogP contribution in [0.1, 0.15) is 39.3 Å². The molecule has 1 saturated heterocycles. The highest BCUT2D eigenvalue weighted by Gasteiger charge is 2.34. The summed E-state index contributed by atoms with van der Waals surface area (Å²) in [7, 11) is 0. The van der Waals surface area contributed by atoms with Crippen molar-refractivity contribution in [3.8, 4) is 0 Å². The van der Waals surface area contributed by atoms with Crippen LogP contribution in [0.5, 0.6) is 0 Å². The zero-order chi connectivity index (χ0) is 14.8. The van der Waals surface area contributed by atoms with Crippen molar-refractivity contribution in [1.82, 2.24) is 10.6 Å². The molecule has 1 aliphatic heterocycles. The Morgan fingerprint density at radius 3 is 2.40 bits per heavy atom. The van der Waals surface area contributed by atoms with Gasteiger partial charge in [-0.1, -0.05) is 58.0 Å². The summed E-state index contributed by atoms with van der Waals surface area (Å²) in [5, 5.41) is 6.56. The number of benzene rings is 1. The van der Waals surface area contributed by atoms with Crippen molar-refractivity contribution < 1.29 is 4.79 Å². The lowest BCUT2D eigenvalue weighted by Crippen LogP contribution is -2.41. The smallest absolute Gasteiger partial charge is 0.225 e. The van der Waals surface area contributed by atoms with Gasteiger partial charge in [0.05, 0.1) is 12.0 Å². The third-order valence-corrected chi connectivity index (χ3v) is 4.14. The van der Waals surface area contributed by atoms with Crippen molar-refractivity contribution in [3.05, 3.63) is 35.9 Å². The van der Waals surface area contributed by atoms with E-state index in [1.807, 2.05) is 18.2 Å². The first-order valence-electron chi connectivity index (χ1n) is 7.45. The average molecular weight is 274 g/mol. The molecule has 2 N–H and O–H groups in total. The van der Waals surface area contributed by atoms with Crippen LogP contribution in [0, 0.1) is 17.3 Å². The second-order valence-electron chi connectivity index (χ2n) is 6.96. The Balaban J connectivity index is 2.15. The molecule has 3 nitrogen and oxygen atoms in total. The predicted octanol–water partition coefficient (Wildman–Crippen LogP) is 2.75. The maximum Gasteiger partial charge on any atom is 0.225 e. The minimum absolute atomic E-state index is 0.00765. The quantitative estimate of drug-likeness (QED) is 0.890. The van der Waals surface area contributed by atoms with Gasteiger partial charge in [0.2, 0.25) is 5.91 Å². The summed E-state index contributed by atoms with van der Waals surface area (Å²) in [4.78, 5) is 12.5. The molecule has 20 heavy (non-hydrogen) atoms. The number of carbonyl (C=O) groups is 1. The normalized spacial score (nSPS) is 24.4. The number of hydrogen-bond acceptors (Lipinski definition) is 2. The van der Waals surface area contributed by atoms with Crippen molar-refractivity contribution in [2.45, 2.75) is 33.7 Å². The van der Waals surface area contributed by atoms with Crippen LogP contribution in [0.25, 0.3) is 0 Å². The van der Waals surface area contributed by atoms with Gasteiger partial charge in [-0.05, 0) is 23.4 Å². The van der Waals surface area contributed by atoms with Crippen LogP contribution in [-0.2, 0) is 4.79 Å². The van der Waals surface area contributed by atoms with E-state index < -0.39 is 0 Å². The highest BCUT2D eigenvalue weighted by Crippen LogP contribution is 2.33. The van der Waals surface area contributed by atoms with Gasteiger partial charge in [0, 0.05) is 6.54 Å². The average Bonchev–Trinajstić information content (AvgIpc) is 2.82. The molecule has 0 aromatic heterocycles. The van der Waals surface area contributed by atoms with Crippen LogP contribution in [0.2, 0.25) is 0 Å². The summed E-state index contributed by atoms with van der Waals surface area (Å²) in [6.07, 6.45) is 0. The first-order chi connectivity index (χ1) is 9.39. The molecule has 1 aromatic rings. The number of amides is 1. The van der Waals surface area contributed by atoms with Crippen molar-refractivity contribution in [2.24, 2.45) is 17.3 Å². The van der Waals surface area contributed by atoms with E-state index in [0.717, 1.165) is 13.1 Å². The molecule has 0 spiro atoms. The molecule has 3 unspecified atom stereocenters. The first-order valence-corrected chi connectivity index (χ1v) is 7.45. The van der Waals surface area contributed by atoms with E-state index in [-0.39, 0.29) is 23.3 Å². The zero-order valence-corrected chi connectivity index (χ0v) is 12.9. The van der Waals surface area contributed by atoms with Gasteiger partial charge in [0.25, 0.3) is 0 Å². The lowest BCUT2D eigenvalue weighted by molar-refractivity contribution is -0.127. The van der Waals surface area contributed by atoms with Gasteiger partial charge in [-0.2, -0.15) is 0 Å². The SMILES string of the molecule is CC1CNCC1C(=O)NC(c1ccccc1)C(C)(C)C. The van der Waals surface area contributed by atoms with Crippen molar-refractivity contribution in [3.63, 3.8) is 0 Å². The topological polar surface area (TPSA) is 41.1 Å². The summed E-state index contributed by atoms with van der Waals surface area (Å²) < 4.78 is 0. The number of rotatable bonds is 3. The second kappa shape index (κ2) is 5.96. The molecule has 1 aliphatic rings. The minimum Gasteiger partial charge on any atom is -0.348 e. The van der Waals surface area contributed by atoms with Crippen molar-refractivity contribution in [2.75, 3.05) is 13.1 Å². The molecule has 0 aliphatic carbocycles. The van der Waals surface area contributed by atoms with E-state index in [2.05, 4.69) is 50.5 Å². The standard InChI is InChI=1S/C17H26N2O/c1-12-10-18-11-14(12)16(20)19-15(17(2,3)4)13-8-6-5-7-9-13/h5-9,12,14-15,18H,10-11H2,1-4H3,(H,19,20). The third kappa shape index (κ3) is 3.40. The zero-order valence-electron chi connectivity index (χ0n) is 12.9. The Morgan fingerprint density at radius 1 is 1.25 bits per heavy atom. The van der Waals surface area contributed by atoms with Crippen LogP contribution in [0.15, 0.2) is 30.3 Å². The molecule has 0 radical (unpaired) electrons. The molecular weight excluding hydrogens is 248 g/mol. The number of carbonyl (C=O) groups excluding carboxylic acids is 1. The maximum atomic E-state index is 12.5. The van der Waals surface area contributed by atoms with E-state index in [1.54, 1.807) is 0 Å². The van der Waals surface area contributed by atoms with E-state index in [0.29, 0.717) is 5.92 Å². The molecule has 1 amide bonds. The Morgan fingerprint density at radius 2 is 1.90 bits per heavy atom. The maximum absolute atomic E-state index is 12.5. The largest absolute Gasteiger partial charge is 0.348 e. The summed E-state index contributed by atoms with van der Waals surface area (Å²) >= 11 is 0. The van der Waals surface area contributed by atoms with Crippen LogP contribution >= 0.6 is 0 Å². The van der Waals surface area contributed by atoms with Gasteiger partial charge in [0.1, 0.15) is 0 Å². The van der Waals surface area contributed by atoms with Gasteiger partial charge in [-0.15, -0.1) is 0 Å². The number of nitrogens with one attached hydrogen (secondary N) is 2. The molecule has 1 fully saturated rings. The molecule has 2 rings (SSSR count). The Labute approximate surface area is 122 Å². The predicted molar refractivity (Wildman–Crippen MR) is 82.3 cm³/mol. The molecule has 1 aromatic carbocycles. The molecular formula is C17H26N2O. The van der Waals surface area contributed by atoms with Gasteiger partial charge < -0.3 is 10.6 Å². The molecule has 1 heterocycles. The van der Waals surface area contributed by atoms with E-state index in [9.17, 15) is 4.79 Å². The summed E-state index contributed by atoms with van der Waals surface area (Å²) in [5.41, 5.74) is 1.17. The van der Waals surface area contributed by atoms with Crippen molar-refractivity contribution >= 4 is 5.91 Å². The fraction of sp³-hybridized carbons (Fsp3) is 0.588. The Hall–Kier alpha value is -1.35. The molecule has 3 atom stereocenters. The monoisotopic (exact) mass is 274 g/mol. The second-order valence-corrected chi connectivity index (χ2v) is 6.96. The Bertz CT molecular complexity index is 450. The molecule has 0 bridgehead atoms. The van der Waals surface area contributed by atoms with E-state index in [1.165, 1.54) is 5.56 Å². The van der Waals surface area contributed by atoms with E-state index >= 15 is 0 Å².